The molecular weight excluding hydrogens is 243 g/mol. The van der Waals surface area contributed by atoms with Gasteiger partial charge in [-0.25, -0.2) is 14.4 Å². The van der Waals surface area contributed by atoms with Crippen LogP contribution in [0.15, 0.2) is 42.6 Å². The number of benzene rings is 1. The van der Waals surface area contributed by atoms with E-state index in [0.717, 1.165) is 17.0 Å². The summed E-state index contributed by atoms with van der Waals surface area (Å²) in [6.07, 6.45) is 2.32. The van der Waals surface area contributed by atoms with Gasteiger partial charge in [0, 0.05) is 12.6 Å². The molecule has 2 aromatic heterocycles. The van der Waals surface area contributed by atoms with Gasteiger partial charge in [0.25, 0.3) is 0 Å². The normalized spacial score (nSPS) is 11.1. The number of aromatic nitrogens is 3. The molecule has 0 amide bonds. The van der Waals surface area contributed by atoms with E-state index in [4.69, 9.17) is 5.73 Å². The van der Waals surface area contributed by atoms with Crippen LogP contribution >= 0.6 is 0 Å². The molecule has 3 aromatic rings. The predicted molar refractivity (Wildman–Crippen MR) is 71.6 cm³/mol. The van der Waals surface area contributed by atoms with Crippen LogP contribution in [0.5, 0.6) is 0 Å². The molecule has 2 N–H and O–H groups in total. The van der Waals surface area contributed by atoms with E-state index in [2.05, 4.69) is 9.97 Å². The van der Waals surface area contributed by atoms with E-state index in [0.29, 0.717) is 18.7 Å². The van der Waals surface area contributed by atoms with Crippen molar-refractivity contribution in [1.29, 1.82) is 0 Å². The molecule has 0 radical (unpaired) electrons. The fraction of sp³-hybridized carbons (Fsp3) is 0.143. The Hall–Kier alpha value is -2.27. The Morgan fingerprint density at radius 1 is 1.21 bits per heavy atom. The van der Waals surface area contributed by atoms with E-state index in [9.17, 15) is 4.39 Å². The highest BCUT2D eigenvalue weighted by Gasteiger charge is 2.12. The molecule has 0 unspecified atom stereocenters. The second-order valence-electron chi connectivity index (χ2n) is 4.23. The molecule has 96 valence electrons. The van der Waals surface area contributed by atoms with Crippen LogP contribution in [-0.4, -0.2) is 21.1 Å². The Bertz CT molecular complexity index is 720. The van der Waals surface area contributed by atoms with Crippen molar-refractivity contribution in [2.75, 3.05) is 6.54 Å². The van der Waals surface area contributed by atoms with Gasteiger partial charge in [0.1, 0.15) is 17.2 Å². The SMILES string of the molecule is NCCc1nc2cccnc2n1-c1cccc(F)c1. The lowest BCUT2D eigenvalue weighted by atomic mass is 10.3. The summed E-state index contributed by atoms with van der Waals surface area (Å²) in [6.45, 7) is 0.485. The van der Waals surface area contributed by atoms with Crippen LogP contribution in [0.2, 0.25) is 0 Å². The molecule has 5 heteroatoms. The number of pyridine rings is 1. The minimum Gasteiger partial charge on any atom is -0.330 e. The third-order valence-electron chi connectivity index (χ3n) is 2.92. The monoisotopic (exact) mass is 256 g/mol. The minimum atomic E-state index is -0.283. The molecule has 0 saturated heterocycles. The summed E-state index contributed by atoms with van der Waals surface area (Å²) in [5, 5.41) is 0. The molecule has 0 aliphatic heterocycles. The van der Waals surface area contributed by atoms with Crippen molar-refractivity contribution in [1.82, 2.24) is 14.5 Å². The summed E-state index contributed by atoms with van der Waals surface area (Å²) in [6, 6.07) is 10.1. The standard InChI is InChI=1S/C14H13FN4/c15-10-3-1-4-11(9-10)19-13(6-7-16)18-12-5-2-8-17-14(12)19/h1-5,8-9H,6-7,16H2. The van der Waals surface area contributed by atoms with Crippen LogP contribution in [-0.2, 0) is 6.42 Å². The van der Waals surface area contributed by atoms with Crippen molar-refractivity contribution in [3.05, 3.63) is 54.2 Å². The molecule has 0 aliphatic carbocycles. The molecule has 0 fully saturated rings. The molecule has 0 aliphatic rings. The molecule has 0 bridgehead atoms. The molecule has 0 saturated carbocycles. The minimum absolute atomic E-state index is 0.283. The molecule has 1 aromatic carbocycles. The van der Waals surface area contributed by atoms with Gasteiger partial charge in [-0.1, -0.05) is 6.07 Å². The molecule has 0 spiro atoms. The van der Waals surface area contributed by atoms with Crippen molar-refractivity contribution in [2.24, 2.45) is 5.73 Å². The van der Waals surface area contributed by atoms with Gasteiger partial charge in [0.15, 0.2) is 5.65 Å². The number of imidazole rings is 1. The summed E-state index contributed by atoms with van der Waals surface area (Å²) in [4.78, 5) is 8.83. The Balaban J connectivity index is 2.28. The van der Waals surface area contributed by atoms with Crippen molar-refractivity contribution in [3.8, 4) is 5.69 Å². The second kappa shape index (κ2) is 4.78. The van der Waals surface area contributed by atoms with Gasteiger partial charge < -0.3 is 5.73 Å². The second-order valence-corrected chi connectivity index (χ2v) is 4.23. The lowest BCUT2D eigenvalue weighted by molar-refractivity contribution is 0.626. The highest BCUT2D eigenvalue weighted by atomic mass is 19.1. The van der Waals surface area contributed by atoms with E-state index >= 15 is 0 Å². The summed E-state index contributed by atoms with van der Waals surface area (Å²) >= 11 is 0. The van der Waals surface area contributed by atoms with Crippen LogP contribution in [0.1, 0.15) is 5.82 Å². The first-order valence-electron chi connectivity index (χ1n) is 6.08. The Morgan fingerprint density at radius 3 is 2.89 bits per heavy atom. The van der Waals surface area contributed by atoms with Crippen molar-refractivity contribution < 1.29 is 4.39 Å². The number of nitrogens with two attached hydrogens (primary N) is 1. The summed E-state index contributed by atoms with van der Waals surface area (Å²) < 4.78 is 15.3. The number of hydrogen-bond donors (Lipinski definition) is 1. The first kappa shape index (κ1) is 11.8. The Morgan fingerprint density at radius 2 is 2.11 bits per heavy atom. The molecule has 3 rings (SSSR count). The van der Waals surface area contributed by atoms with Gasteiger partial charge in [-0.3, -0.25) is 4.57 Å². The third-order valence-corrected chi connectivity index (χ3v) is 2.92. The van der Waals surface area contributed by atoms with Crippen molar-refractivity contribution >= 4 is 11.2 Å². The van der Waals surface area contributed by atoms with Gasteiger partial charge in [-0.05, 0) is 36.9 Å². The van der Waals surface area contributed by atoms with Gasteiger partial charge in [-0.15, -0.1) is 0 Å². The smallest absolute Gasteiger partial charge is 0.164 e. The lowest BCUT2D eigenvalue weighted by Crippen LogP contribution is -2.09. The van der Waals surface area contributed by atoms with E-state index in [1.165, 1.54) is 12.1 Å². The first-order chi connectivity index (χ1) is 9.29. The highest BCUT2D eigenvalue weighted by Crippen LogP contribution is 2.20. The largest absolute Gasteiger partial charge is 0.330 e. The van der Waals surface area contributed by atoms with Gasteiger partial charge >= 0.3 is 0 Å². The molecular formula is C14H13FN4. The number of halogens is 1. The van der Waals surface area contributed by atoms with E-state index in [1.54, 1.807) is 12.3 Å². The Labute approximate surface area is 109 Å². The van der Waals surface area contributed by atoms with Crippen molar-refractivity contribution in [3.63, 3.8) is 0 Å². The Kier molecular flexibility index (Phi) is 2.97. The predicted octanol–water partition coefficient (Wildman–Crippen LogP) is 2.06. The number of hydrogen-bond acceptors (Lipinski definition) is 3. The molecule has 0 atom stereocenters. The maximum absolute atomic E-state index is 13.4. The summed E-state index contributed by atoms with van der Waals surface area (Å²) in [5.41, 5.74) is 7.83. The van der Waals surface area contributed by atoms with Crippen LogP contribution in [0.25, 0.3) is 16.9 Å². The summed E-state index contributed by atoms with van der Waals surface area (Å²) in [5.74, 6) is 0.510. The maximum Gasteiger partial charge on any atom is 0.164 e. The van der Waals surface area contributed by atoms with E-state index < -0.39 is 0 Å². The van der Waals surface area contributed by atoms with E-state index in [1.807, 2.05) is 22.8 Å². The van der Waals surface area contributed by atoms with Gasteiger partial charge in [0.05, 0.1) is 5.69 Å². The third kappa shape index (κ3) is 2.08. The maximum atomic E-state index is 13.4. The number of fused-ring (bicyclic) bond motifs is 1. The fourth-order valence-corrected chi connectivity index (χ4v) is 2.14. The summed E-state index contributed by atoms with van der Waals surface area (Å²) in [7, 11) is 0. The van der Waals surface area contributed by atoms with Gasteiger partial charge in [-0.2, -0.15) is 0 Å². The fourth-order valence-electron chi connectivity index (χ4n) is 2.14. The number of rotatable bonds is 3. The molecule has 2 heterocycles. The average molecular weight is 256 g/mol. The molecule has 19 heavy (non-hydrogen) atoms. The quantitative estimate of drug-likeness (QED) is 0.780. The van der Waals surface area contributed by atoms with Crippen LogP contribution < -0.4 is 5.73 Å². The average Bonchev–Trinajstić information content (AvgIpc) is 2.77. The first-order valence-corrected chi connectivity index (χ1v) is 6.08. The van der Waals surface area contributed by atoms with Gasteiger partial charge in [0.2, 0.25) is 0 Å². The van der Waals surface area contributed by atoms with Crippen LogP contribution in [0, 0.1) is 5.82 Å². The number of nitrogens with zero attached hydrogens (tertiary/aromatic N) is 3. The van der Waals surface area contributed by atoms with Crippen LogP contribution in [0.4, 0.5) is 4.39 Å². The lowest BCUT2D eigenvalue weighted by Gasteiger charge is -2.07. The topological polar surface area (TPSA) is 56.7 Å². The molecule has 4 nitrogen and oxygen atoms in total. The van der Waals surface area contributed by atoms with Crippen LogP contribution in [0.3, 0.4) is 0 Å². The van der Waals surface area contributed by atoms with Crippen molar-refractivity contribution in [2.45, 2.75) is 6.42 Å². The zero-order valence-electron chi connectivity index (χ0n) is 10.3. The zero-order chi connectivity index (χ0) is 13.2. The zero-order valence-corrected chi connectivity index (χ0v) is 10.3. The highest BCUT2D eigenvalue weighted by molar-refractivity contribution is 5.73. The van der Waals surface area contributed by atoms with E-state index in [-0.39, 0.29) is 5.82 Å².